The Morgan fingerprint density at radius 2 is 1.95 bits per heavy atom. The van der Waals surface area contributed by atoms with Crippen LogP contribution in [0.5, 0.6) is 5.75 Å². The van der Waals surface area contributed by atoms with E-state index in [9.17, 15) is 4.79 Å². The van der Waals surface area contributed by atoms with E-state index in [4.69, 9.17) is 4.74 Å². The van der Waals surface area contributed by atoms with Crippen LogP contribution in [0.2, 0.25) is 0 Å². The van der Waals surface area contributed by atoms with Gasteiger partial charge in [-0.1, -0.05) is 13.0 Å². The molecular formula is C17H22N2O2. The first kappa shape index (κ1) is 15.3. The molecule has 0 atom stereocenters. The molecule has 0 N–H and O–H groups in total. The van der Waals surface area contributed by atoms with Crippen molar-refractivity contribution >= 4 is 5.78 Å². The zero-order valence-electron chi connectivity index (χ0n) is 13.4. The van der Waals surface area contributed by atoms with Crippen molar-refractivity contribution in [2.45, 2.75) is 40.7 Å². The summed E-state index contributed by atoms with van der Waals surface area (Å²) in [6.45, 7) is 8.64. The lowest BCUT2D eigenvalue weighted by molar-refractivity contribution is 0.102. The molecule has 1 aromatic heterocycles. The number of aromatic nitrogens is 2. The van der Waals surface area contributed by atoms with Gasteiger partial charge in [0, 0.05) is 6.54 Å². The third kappa shape index (κ3) is 2.84. The van der Waals surface area contributed by atoms with Gasteiger partial charge in [-0.25, -0.2) is 0 Å². The minimum absolute atomic E-state index is 0.0293. The average molecular weight is 286 g/mol. The van der Waals surface area contributed by atoms with Crippen LogP contribution in [0.25, 0.3) is 0 Å². The summed E-state index contributed by atoms with van der Waals surface area (Å²) in [6.07, 6.45) is 0.817. The third-order valence-electron chi connectivity index (χ3n) is 3.62. The monoisotopic (exact) mass is 286 g/mol. The molecule has 1 heterocycles. The second-order valence-corrected chi connectivity index (χ2v) is 5.18. The fourth-order valence-corrected chi connectivity index (χ4v) is 2.58. The van der Waals surface area contributed by atoms with Gasteiger partial charge in [-0.15, -0.1) is 0 Å². The molecule has 112 valence electrons. The smallest absolute Gasteiger partial charge is 0.215 e. The molecule has 0 spiro atoms. The molecule has 0 aliphatic rings. The summed E-state index contributed by atoms with van der Waals surface area (Å²) in [4.78, 5) is 12.9. The number of nitrogens with zero attached hydrogens (tertiary/aromatic N) is 2. The molecule has 0 unspecified atom stereocenters. The maximum atomic E-state index is 12.9. The van der Waals surface area contributed by atoms with E-state index in [0.717, 1.165) is 23.2 Å². The number of ketones is 1. The van der Waals surface area contributed by atoms with Gasteiger partial charge < -0.3 is 4.74 Å². The quantitative estimate of drug-likeness (QED) is 0.792. The second-order valence-electron chi connectivity index (χ2n) is 5.18. The molecule has 0 amide bonds. The summed E-state index contributed by atoms with van der Waals surface area (Å²) in [5, 5.41) is 4.45. The van der Waals surface area contributed by atoms with E-state index >= 15 is 0 Å². The summed E-state index contributed by atoms with van der Waals surface area (Å²) < 4.78 is 7.17. The first-order valence-electron chi connectivity index (χ1n) is 7.28. The standard InChI is InChI=1S/C17H22N2O2/c1-6-13-10-14(19(7-2)18-13)17(20)16-12(4)8-11(3)9-15(16)21-5/h8-10H,6-7H2,1-5H3. The lowest BCUT2D eigenvalue weighted by Crippen LogP contribution is -2.13. The highest BCUT2D eigenvalue weighted by Crippen LogP contribution is 2.27. The van der Waals surface area contributed by atoms with Crippen LogP contribution in [0.4, 0.5) is 0 Å². The van der Waals surface area contributed by atoms with Crippen molar-refractivity contribution in [2.75, 3.05) is 7.11 Å². The summed E-state index contributed by atoms with van der Waals surface area (Å²) in [5.74, 6) is 0.595. The van der Waals surface area contributed by atoms with Crippen molar-refractivity contribution in [3.05, 3.63) is 46.3 Å². The first-order valence-corrected chi connectivity index (χ1v) is 7.28. The highest BCUT2D eigenvalue weighted by molar-refractivity contribution is 6.10. The van der Waals surface area contributed by atoms with Crippen LogP contribution >= 0.6 is 0 Å². The lowest BCUT2D eigenvalue weighted by Gasteiger charge is -2.12. The molecule has 0 bridgehead atoms. The second kappa shape index (κ2) is 6.12. The summed E-state index contributed by atoms with van der Waals surface area (Å²) in [6, 6.07) is 5.78. The number of aryl methyl sites for hydroxylation is 4. The molecule has 4 heteroatoms. The van der Waals surface area contributed by atoms with E-state index in [2.05, 4.69) is 5.10 Å². The fourth-order valence-electron chi connectivity index (χ4n) is 2.58. The van der Waals surface area contributed by atoms with Crippen LogP contribution in [0.1, 0.15) is 46.7 Å². The van der Waals surface area contributed by atoms with Crippen molar-refractivity contribution < 1.29 is 9.53 Å². The van der Waals surface area contributed by atoms with E-state index in [-0.39, 0.29) is 5.78 Å². The number of benzene rings is 1. The maximum Gasteiger partial charge on any atom is 0.215 e. The van der Waals surface area contributed by atoms with Gasteiger partial charge in [0.15, 0.2) is 0 Å². The number of carbonyl (C=O) groups excluding carboxylic acids is 1. The maximum absolute atomic E-state index is 12.9. The van der Waals surface area contributed by atoms with Crippen LogP contribution in [-0.2, 0) is 13.0 Å². The minimum atomic E-state index is -0.0293. The minimum Gasteiger partial charge on any atom is -0.496 e. The van der Waals surface area contributed by atoms with E-state index in [1.807, 2.05) is 45.9 Å². The van der Waals surface area contributed by atoms with Gasteiger partial charge in [-0.3, -0.25) is 9.48 Å². The Balaban J connectivity index is 2.57. The summed E-state index contributed by atoms with van der Waals surface area (Å²) in [5.41, 5.74) is 4.20. The van der Waals surface area contributed by atoms with Gasteiger partial charge in [0.05, 0.1) is 18.4 Å². The Morgan fingerprint density at radius 1 is 1.24 bits per heavy atom. The number of hydrogen-bond acceptors (Lipinski definition) is 3. The SMILES string of the molecule is CCc1cc(C(=O)c2c(C)cc(C)cc2OC)n(CC)n1. The van der Waals surface area contributed by atoms with E-state index in [0.29, 0.717) is 23.6 Å². The lowest BCUT2D eigenvalue weighted by atomic mass is 9.98. The number of methoxy groups -OCH3 is 1. The average Bonchev–Trinajstić information content (AvgIpc) is 2.89. The molecule has 1 aromatic carbocycles. The Hall–Kier alpha value is -2.10. The molecule has 0 radical (unpaired) electrons. The van der Waals surface area contributed by atoms with Gasteiger partial charge >= 0.3 is 0 Å². The van der Waals surface area contributed by atoms with Gasteiger partial charge in [0.1, 0.15) is 11.4 Å². The fraction of sp³-hybridized carbons (Fsp3) is 0.412. The molecular weight excluding hydrogens is 264 g/mol. The van der Waals surface area contributed by atoms with Crippen LogP contribution < -0.4 is 4.74 Å². The molecule has 0 fully saturated rings. The number of carbonyl (C=O) groups is 1. The topological polar surface area (TPSA) is 44.1 Å². The number of rotatable bonds is 5. The van der Waals surface area contributed by atoms with E-state index in [1.165, 1.54) is 0 Å². The first-order chi connectivity index (χ1) is 10.0. The highest BCUT2D eigenvalue weighted by Gasteiger charge is 2.21. The van der Waals surface area contributed by atoms with Crippen LogP contribution in [0, 0.1) is 13.8 Å². The van der Waals surface area contributed by atoms with E-state index in [1.54, 1.807) is 11.8 Å². The molecule has 2 aromatic rings. The molecule has 0 aliphatic heterocycles. The predicted octanol–water partition coefficient (Wildman–Crippen LogP) is 3.32. The summed E-state index contributed by atoms with van der Waals surface area (Å²) in [7, 11) is 1.60. The van der Waals surface area contributed by atoms with Crippen LogP contribution in [0.15, 0.2) is 18.2 Å². The highest BCUT2D eigenvalue weighted by atomic mass is 16.5. The zero-order chi connectivity index (χ0) is 15.6. The van der Waals surface area contributed by atoms with Gasteiger partial charge in [0.2, 0.25) is 5.78 Å². The van der Waals surface area contributed by atoms with Gasteiger partial charge in [-0.05, 0) is 50.5 Å². The Morgan fingerprint density at radius 3 is 2.52 bits per heavy atom. The van der Waals surface area contributed by atoms with Crippen molar-refractivity contribution in [1.82, 2.24) is 9.78 Å². The molecule has 0 saturated carbocycles. The van der Waals surface area contributed by atoms with Crippen molar-refractivity contribution in [1.29, 1.82) is 0 Å². The molecule has 0 saturated heterocycles. The normalized spacial score (nSPS) is 10.7. The molecule has 4 nitrogen and oxygen atoms in total. The van der Waals surface area contributed by atoms with Crippen LogP contribution in [0.3, 0.4) is 0 Å². The van der Waals surface area contributed by atoms with Crippen molar-refractivity contribution in [2.24, 2.45) is 0 Å². The Bertz CT molecular complexity index is 672. The van der Waals surface area contributed by atoms with Crippen LogP contribution in [-0.4, -0.2) is 22.7 Å². The molecule has 2 rings (SSSR count). The van der Waals surface area contributed by atoms with Crippen molar-refractivity contribution in [3.8, 4) is 5.75 Å². The number of ether oxygens (including phenoxy) is 1. The Kier molecular flexibility index (Phi) is 4.46. The largest absolute Gasteiger partial charge is 0.496 e. The van der Waals surface area contributed by atoms with Crippen molar-refractivity contribution in [3.63, 3.8) is 0 Å². The van der Waals surface area contributed by atoms with Gasteiger partial charge in [0.25, 0.3) is 0 Å². The summed E-state index contributed by atoms with van der Waals surface area (Å²) >= 11 is 0. The number of hydrogen-bond donors (Lipinski definition) is 0. The molecule has 21 heavy (non-hydrogen) atoms. The Labute approximate surface area is 125 Å². The third-order valence-corrected chi connectivity index (χ3v) is 3.62. The predicted molar refractivity (Wildman–Crippen MR) is 83.2 cm³/mol. The van der Waals surface area contributed by atoms with Gasteiger partial charge in [-0.2, -0.15) is 5.10 Å². The zero-order valence-corrected chi connectivity index (χ0v) is 13.4. The van der Waals surface area contributed by atoms with E-state index < -0.39 is 0 Å². The molecule has 0 aliphatic carbocycles.